The molecule has 0 spiro atoms. The van der Waals surface area contributed by atoms with Gasteiger partial charge in [-0.25, -0.2) is 0 Å². The third-order valence-corrected chi connectivity index (χ3v) is 6.31. The summed E-state index contributed by atoms with van der Waals surface area (Å²) in [6, 6.07) is 18.8. The van der Waals surface area contributed by atoms with Crippen LogP contribution >= 0.6 is 12.4 Å². The molecule has 2 aromatic rings. The van der Waals surface area contributed by atoms with E-state index in [1.807, 2.05) is 41.1 Å². The molecule has 0 bridgehead atoms. The lowest BCUT2D eigenvalue weighted by molar-refractivity contribution is 0.0768. The summed E-state index contributed by atoms with van der Waals surface area (Å²) in [6.45, 7) is 3.39. The zero-order valence-corrected chi connectivity index (χ0v) is 17.9. The fourth-order valence-corrected chi connectivity index (χ4v) is 4.90. The summed E-state index contributed by atoms with van der Waals surface area (Å²) < 4.78 is 0. The van der Waals surface area contributed by atoms with Gasteiger partial charge in [0.25, 0.3) is 5.91 Å². The van der Waals surface area contributed by atoms with Gasteiger partial charge in [-0.3, -0.25) is 9.69 Å². The molecule has 0 radical (unpaired) electrons. The molecule has 4 rings (SSSR count). The van der Waals surface area contributed by atoms with Gasteiger partial charge in [0, 0.05) is 56.4 Å². The summed E-state index contributed by atoms with van der Waals surface area (Å²) >= 11 is 0. The normalized spacial score (nSPS) is 23.6. The van der Waals surface area contributed by atoms with Crippen molar-refractivity contribution in [3.8, 4) is 0 Å². The minimum absolute atomic E-state index is 0. The number of likely N-dealkylation sites (tertiary alicyclic amines) is 2. The molecule has 1 amide bonds. The van der Waals surface area contributed by atoms with Gasteiger partial charge >= 0.3 is 0 Å². The number of amides is 1. The highest BCUT2D eigenvalue weighted by atomic mass is 35.5. The van der Waals surface area contributed by atoms with Crippen LogP contribution in [-0.2, 0) is 0 Å². The van der Waals surface area contributed by atoms with Crippen LogP contribution in [0.1, 0.15) is 22.0 Å². The first-order valence-electron chi connectivity index (χ1n) is 10.0. The molecule has 2 heterocycles. The average molecular weight is 416 g/mol. The van der Waals surface area contributed by atoms with Gasteiger partial charge in [0.1, 0.15) is 0 Å². The van der Waals surface area contributed by atoms with Gasteiger partial charge < -0.3 is 14.9 Å². The summed E-state index contributed by atoms with van der Waals surface area (Å²) in [5, 5.41) is 9.08. The lowest BCUT2D eigenvalue weighted by Crippen LogP contribution is -2.33. The maximum atomic E-state index is 13.1. The van der Waals surface area contributed by atoms with Crippen molar-refractivity contribution in [1.29, 1.82) is 0 Å². The minimum atomic E-state index is 0. The Kier molecular flexibility index (Phi) is 6.83. The number of carbonyl (C=O) groups excluding carboxylic acids is 1. The molecule has 0 aliphatic carbocycles. The van der Waals surface area contributed by atoms with Crippen LogP contribution in [0.4, 0.5) is 5.69 Å². The van der Waals surface area contributed by atoms with Crippen LogP contribution in [0.15, 0.2) is 54.6 Å². The van der Waals surface area contributed by atoms with Crippen molar-refractivity contribution in [1.82, 2.24) is 9.80 Å². The Morgan fingerprint density at radius 1 is 1.07 bits per heavy atom. The lowest BCUT2D eigenvalue weighted by Gasteiger charge is -2.27. The second kappa shape index (κ2) is 9.16. The van der Waals surface area contributed by atoms with E-state index in [1.54, 1.807) is 0 Å². The molecule has 156 valence electrons. The Labute approximate surface area is 179 Å². The fraction of sp³-hybridized carbons (Fsp3) is 0.435. The predicted octanol–water partition coefficient (Wildman–Crippen LogP) is 2.91. The van der Waals surface area contributed by atoms with Crippen molar-refractivity contribution < 1.29 is 9.90 Å². The largest absolute Gasteiger partial charge is 0.395 e. The molecule has 2 saturated heterocycles. The average Bonchev–Trinajstić information content (AvgIpc) is 3.25. The monoisotopic (exact) mass is 415 g/mol. The molecule has 6 heteroatoms. The van der Waals surface area contributed by atoms with Crippen molar-refractivity contribution in [2.75, 3.05) is 51.8 Å². The Hall–Kier alpha value is -2.08. The number of nitrogens with zero attached hydrogens (tertiary/aromatic N) is 3. The van der Waals surface area contributed by atoms with Crippen LogP contribution in [0.5, 0.6) is 0 Å². The Balaban J connectivity index is 0.00000240. The van der Waals surface area contributed by atoms with Gasteiger partial charge in [0.15, 0.2) is 0 Å². The molecule has 2 aromatic carbocycles. The number of halogens is 1. The van der Waals surface area contributed by atoms with Gasteiger partial charge in [0.05, 0.1) is 6.61 Å². The third-order valence-electron chi connectivity index (χ3n) is 6.31. The molecule has 0 unspecified atom stereocenters. The summed E-state index contributed by atoms with van der Waals surface area (Å²) in [4.78, 5) is 19.5. The number of rotatable bonds is 5. The predicted molar refractivity (Wildman–Crippen MR) is 119 cm³/mol. The third kappa shape index (κ3) is 4.27. The zero-order chi connectivity index (χ0) is 19.7. The molecule has 2 aliphatic rings. The molecule has 0 saturated carbocycles. The first kappa shape index (κ1) is 21.6. The van der Waals surface area contributed by atoms with Crippen molar-refractivity contribution in [3.63, 3.8) is 0 Å². The molecule has 29 heavy (non-hydrogen) atoms. The van der Waals surface area contributed by atoms with E-state index in [1.165, 1.54) is 5.56 Å². The number of fused-ring (bicyclic) bond motifs is 1. The van der Waals surface area contributed by atoms with Crippen molar-refractivity contribution in [2.45, 2.75) is 6.04 Å². The van der Waals surface area contributed by atoms with Crippen LogP contribution in [-0.4, -0.2) is 67.7 Å². The number of carbonyl (C=O) groups is 1. The highest BCUT2D eigenvalue weighted by Crippen LogP contribution is 2.44. The molecular weight excluding hydrogens is 386 g/mol. The number of aliphatic hydroxyl groups excluding tert-OH is 1. The van der Waals surface area contributed by atoms with Gasteiger partial charge in [0.2, 0.25) is 0 Å². The van der Waals surface area contributed by atoms with Crippen molar-refractivity contribution in [3.05, 3.63) is 65.7 Å². The first-order chi connectivity index (χ1) is 13.6. The maximum absolute atomic E-state index is 13.1. The zero-order valence-electron chi connectivity index (χ0n) is 17.1. The number of benzene rings is 2. The second-order valence-corrected chi connectivity index (χ2v) is 8.12. The Morgan fingerprint density at radius 2 is 1.76 bits per heavy atom. The minimum Gasteiger partial charge on any atom is -0.395 e. The SMILES string of the molecule is CN(CCO)c1ccc(C(=O)N2C[C@@H]3CN(C)[C@@H](c4ccccc4)[C@@H]3C2)cc1.Cl. The van der Waals surface area contributed by atoms with Gasteiger partial charge in [-0.2, -0.15) is 0 Å². The van der Waals surface area contributed by atoms with Gasteiger partial charge in [-0.05, 0) is 42.8 Å². The molecular formula is C23H30ClN3O2. The van der Waals surface area contributed by atoms with E-state index in [2.05, 4.69) is 42.3 Å². The van der Waals surface area contributed by atoms with Crippen LogP contribution in [0.25, 0.3) is 0 Å². The molecule has 3 atom stereocenters. The van der Waals surface area contributed by atoms with E-state index in [4.69, 9.17) is 5.11 Å². The number of hydrogen-bond donors (Lipinski definition) is 1. The van der Waals surface area contributed by atoms with E-state index in [0.717, 1.165) is 30.9 Å². The second-order valence-electron chi connectivity index (χ2n) is 8.12. The van der Waals surface area contributed by atoms with Crippen molar-refractivity contribution >= 4 is 24.0 Å². The Bertz CT molecular complexity index is 815. The van der Waals surface area contributed by atoms with E-state index in [0.29, 0.717) is 24.4 Å². The first-order valence-corrected chi connectivity index (χ1v) is 10.0. The summed E-state index contributed by atoms with van der Waals surface area (Å²) in [5.41, 5.74) is 3.10. The van der Waals surface area contributed by atoms with Crippen LogP contribution in [0.3, 0.4) is 0 Å². The fourth-order valence-electron chi connectivity index (χ4n) is 4.90. The van der Waals surface area contributed by atoms with E-state index in [9.17, 15) is 4.79 Å². The van der Waals surface area contributed by atoms with Gasteiger partial charge in [-0.15, -0.1) is 12.4 Å². The molecule has 2 aliphatic heterocycles. The van der Waals surface area contributed by atoms with E-state index in [-0.39, 0.29) is 24.9 Å². The number of anilines is 1. The quantitative estimate of drug-likeness (QED) is 0.815. The van der Waals surface area contributed by atoms with Gasteiger partial charge in [-0.1, -0.05) is 30.3 Å². The highest BCUT2D eigenvalue weighted by Gasteiger charge is 2.47. The van der Waals surface area contributed by atoms with E-state index < -0.39 is 0 Å². The summed E-state index contributed by atoms with van der Waals surface area (Å²) in [6.07, 6.45) is 0. The highest BCUT2D eigenvalue weighted by molar-refractivity contribution is 5.94. The Morgan fingerprint density at radius 3 is 2.41 bits per heavy atom. The number of hydrogen-bond acceptors (Lipinski definition) is 4. The lowest BCUT2D eigenvalue weighted by atomic mass is 9.90. The molecule has 1 N–H and O–H groups in total. The van der Waals surface area contributed by atoms with Crippen LogP contribution in [0.2, 0.25) is 0 Å². The van der Waals surface area contributed by atoms with E-state index >= 15 is 0 Å². The topological polar surface area (TPSA) is 47.0 Å². The smallest absolute Gasteiger partial charge is 0.253 e. The van der Waals surface area contributed by atoms with Crippen LogP contribution in [0, 0.1) is 11.8 Å². The van der Waals surface area contributed by atoms with Crippen LogP contribution < -0.4 is 4.90 Å². The molecule has 2 fully saturated rings. The maximum Gasteiger partial charge on any atom is 0.253 e. The number of aliphatic hydroxyl groups is 1. The summed E-state index contributed by atoms with van der Waals surface area (Å²) in [7, 11) is 4.14. The van der Waals surface area contributed by atoms with Crippen molar-refractivity contribution in [2.24, 2.45) is 11.8 Å². The molecule has 5 nitrogen and oxygen atoms in total. The number of likely N-dealkylation sites (N-methyl/N-ethyl adjacent to an activating group) is 1. The standard InChI is InChI=1S/C23H29N3O2.ClH/c1-24(12-13-27)20-10-8-18(9-11-20)23(28)26-15-19-14-25(2)22(21(19)16-26)17-6-4-3-5-7-17;/h3-11,19,21-22,27H,12-16H2,1-2H3;1H/t19-,21+,22-;/m0./s1. The molecule has 0 aromatic heterocycles. The summed E-state index contributed by atoms with van der Waals surface area (Å²) in [5.74, 6) is 1.15.